The molecule has 140 valence electrons. The van der Waals surface area contributed by atoms with E-state index in [0.29, 0.717) is 35.6 Å². The maximum Gasteiger partial charge on any atom is 0.0689 e. The van der Waals surface area contributed by atoms with E-state index in [-0.39, 0.29) is 6.10 Å². The second kappa shape index (κ2) is 6.89. The molecule has 0 radical (unpaired) electrons. The number of hydrogen-bond donors (Lipinski definition) is 1. The number of aliphatic hydroxyl groups is 1. The molecule has 0 spiro atoms. The first-order valence-electron chi connectivity index (χ1n) is 10.3. The van der Waals surface area contributed by atoms with Gasteiger partial charge >= 0.3 is 0 Å². The van der Waals surface area contributed by atoms with Crippen LogP contribution in [0.3, 0.4) is 0 Å². The molecule has 0 amide bonds. The number of fused-ring (bicyclic) bond motifs is 2. The second-order valence-corrected chi connectivity index (χ2v) is 9.74. The van der Waals surface area contributed by atoms with Crippen LogP contribution in [0.4, 0.5) is 0 Å². The molecular weight excluding hydrogens is 298 g/mol. The van der Waals surface area contributed by atoms with E-state index < -0.39 is 0 Å². The summed E-state index contributed by atoms with van der Waals surface area (Å²) in [6.45, 7) is 13.4. The number of likely N-dealkylation sites (tertiary alicyclic amines) is 1. The van der Waals surface area contributed by atoms with E-state index in [0.717, 1.165) is 18.9 Å². The summed E-state index contributed by atoms with van der Waals surface area (Å²) < 4.78 is 6.31. The molecule has 0 aromatic carbocycles. The van der Waals surface area contributed by atoms with Crippen molar-refractivity contribution in [1.29, 1.82) is 0 Å². The monoisotopic (exact) mass is 337 g/mol. The summed E-state index contributed by atoms with van der Waals surface area (Å²) in [5, 5.41) is 10.5. The Hall–Kier alpha value is -0.120. The highest BCUT2D eigenvalue weighted by atomic mass is 16.5. The average molecular weight is 338 g/mol. The molecule has 0 aromatic heterocycles. The van der Waals surface area contributed by atoms with Gasteiger partial charge in [0.2, 0.25) is 0 Å². The van der Waals surface area contributed by atoms with Crippen LogP contribution >= 0.6 is 0 Å². The van der Waals surface area contributed by atoms with Crippen molar-refractivity contribution in [1.82, 2.24) is 4.90 Å². The number of rotatable bonds is 6. The van der Waals surface area contributed by atoms with Crippen LogP contribution in [-0.2, 0) is 4.74 Å². The summed E-state index contributed by atoms with van der Waals surface area (Å²) in [6, 6.07) is 1.21. The van der Waals surface area contributed by atoms with Crippen molar-refractivity contribution in [3.05, 3.63) is 0 Å². The molecule has 3 nitrogen and oxygen atoms in total. The zero-order valence-corrected chi connectivity index (χ0v) is 16.6. The van der Waals surface area contributed by atoms with Crippen LogP contribution in [0, 0.1) is 16.7 Å². The zero-order chi connectivity index (χ0) is 17.5. The number of β-amino-alcohol motifs (C(OH)–C–C–N with tert-alkyl or cyclic N) is 1. The van der Waals surface area contributed by atoms with Gasteiger partial charge in [-0.15, -0.1) is 0 Å². The first kappa shape index (κ1) is 18.7. The van der Waals surface area contributed by atoms with E-state index in [1.165, 1.54) is 38.5 Å². The van der Waals surface area contributed by atoms with Gasteiger partial charge in [-0.1, -0.05) is 27.2 Å². The van der Waals surface area contributed by atoms with Crippen molar-refractivity contribution in [3.8, 4) is 0 Å². The summed E-state index contributed by atoms with van der Waals surface area (Å²) in [5.74, 6) is 0.826. The average Bonchev–Trinajstić information content (AvgIpc) is 2.84. The topological polar surface area (TPSA) is 32.7 Å². The van der Waals surface area contributed by atoms with Crippen molar-refractivity contribution in [2.45, 2.75) is 104 Å². The van der Waals surface area contributed by atoms with Crippen LogP contribution in [0.15, 0.2) is 0 Å². The molecule has 1 aliphatic heterocycles. The van der Waals surface area contributed by atoms with Gasteiger partial charge in [0.15, 0.2) is 0 Å². The third-order valence-electron chi connectivity index (χ3n) is 8.28. The van der Waals surface area contributed by atoms with Gasteiger partial charge in [-0.25, -0.2) is 0 Å². The zero-order valence-electron chi connectivity index (χ0n) is 16.6. The van der Waals surface area contributed by atoms with E-state index in [1.54, 1.807) is 0 Å². The smallest absolute Gasteiger partial charge is 0.0689 e. The molecule has 2 saturated carbocycles. The molecule has 2 aliphatic carbocycles. The maximum absolute atomic E-state index is 10.5. The fourth-order valence-electron chi connectivity index (χ4n) is 5.90. The lowest BCUT2D eigenvalue weighted by Gasteiger charge is -2.40. The maximum atomic E-state index is 10.5. The standard InChI is InChI=1S/C21H39NO2/c1-15-7-6-8-16(2)22(15)14-18(23)10-12-24-19-13-17-9-11-21(19,5)20(17,3)4/h15-19,23H,6-14H2,1-5H3/t15-,16+,17-,18-,19-,21-/m1/s1. The lowest BCUT2D eigenvalue weighted by atomic mass is 9.70. The SMILES string of the molecule is C[C@@H]1CCC[C@H](C)N1C[C@H](O)CCO[C@@H]1C[C@H]2CC[C@@]1(C)C2(C)C. The van der Waals surface area contributed by atoms with Crippen LogP contribution in [-0.4, -0.2) is 47.4 Å². The minimum absolute atomic E-state index is 0.257. The van der Waals surface area contributed by atoms with E-state index in [4.69, 9.17) is 4.74 Å². The number of ether oxygens (including phenoxy) is 1. The van der Waals surface area contributed by atoms with Crippen LogP contribution in [0.5, 0.6) is 0 Å². The van der Waals surface area contributed by atoms with Gasteiger partial charge in [-0.3, -0.25) is 4.90 Å². The first-order valence-corrected chi connectivity index (χ1v) is 10.3. The first-order chi connectivity index (χ1) is 11.3. The van der Waals surface area contributed by atoms with E-state index in [9.17, 15) is 5.11 Å². The Kier molecular flexibility index (Phi) is 5.36. The van der Waals surface area contributed by atoms with E-state index >= 15 is 0 Å². The number of piperidine rings is 1. The molecule has 1 heterocycles. The Bertz CT molecular complexity index is 428. The molecule has 3 rings (SSSR count). The molecule has 3 fully saturated rings. The second-order valence-electron chi connectivity index (χ2n) is 9.74. The molecule has 1 saturated heterocycles. The molecule has 3 aliphatic rings. The Morgan fingerprint density at radius 2 is 1.79 bits per heavy atom. The highest BCUT2D eigenvalue weighted by Gasteiger charge is 2.61. The molecule has 24 heavy (non-hydrogen) atoms. The largest absolute Gasteiger partial charge is 0.392 e. The van der Waals surface area contributed by atoms with Crippen molar-refractivity contribution in [2.75, 3.05) is 13.2 Å². The van der Waals surface area contributed by atoms with Crippen molar-refractivity contribution >= 4 is 0 Å². The molecule has 3 heteroatoms. The van der Waals surface area contributed by atoms with Crippen molar-refractivity contribution < 1.29 is 9.84 Å². The third-order valence-corrected chi connectivity index (χ3v) is 8.28. The molecular formula is C21H39NO2. The van der Waals surface area contributed by atoms with Gasteiger partial charge < -0.3 is 9.84 Å². The Morgan fingerprint density at radius 3 is 2.33 bits per heavy atom. The van der Waals surface area contributed by atoms with E-state index in [2.05, 4.69) is 39.5 Å². The van der Waals surface area contributed by atoms with Crippen LogP contribution in [0.2, 0.25) is 0 Å². The molecule has 0 aromatic rings. The molecule has 1 N–H and O–H groups in total. The number of aliphatic hydroxyl groups excluding tert-OH is 1. The number of hydrogen-bond acceptors (Lipinski definition) is 3. The third kappa shape index (κ3) is 3.17. The molecule has 2 bridgehead atoms. The van der Waals surface area contributed by atoms with Gasteiger partial charge in [0, 0.05) is 25.2 Å². The Morgan fingerprint density at radius 1 is 1.12 bits per heavy atom. The van der Waals surface area contributed by atoms with E-state index in [1.807, 2.05) is 0 Å². The summed E-state index contributed by atoms with van der Waals surface area (Å²) in [4.78, 5) is 2.50. The molecule has 6 atom stereocenters. The summed E-state index contributed by atoms with van der Waals surface area (Å²) in [5.41, 5.74) is 0.744. The van der Waals surface area contributed by atoms with Crippen LogP contribution in [0.1, 0.15) is 79.6 Å². The Balaban J connectivity index is 1.44. The predicted octanol–water partition coefficient (Wildman–Crippen LogP) is 4.23. The molecule has 0 unspecified atom stereocenters. The minimum atomic E-state index is -0.257. The quantitative estimate of drug-likeness (QED) is 0.787. The lowest BCUT2D eigenvalue weighted by Crippen LogP contribution is -2.47. The van der Waals surface area contributed by atoms with Gasteiger partial charge in [0.05, 0.1) is 12.2 Å². The highest BCUT2D eigenvalue weighted by Crippen LogP contribution is 2.66. The minimum Gasteiger partial charge on any atom is -0.392 e. The van der Waals surface area contributed by atoms with Gasteiger partial charge in [-0.2, -0.15) is 0 Å². The van der Waals surface area contributed by atoms with Gasteiger partial charge in [-0.05, 0) is 69.1 Å². The van der Waals surface area contributed by atoms with Crippen LogP contribution in [0.25, 0.3) is 0 Å². The van der Waals surface area contributed by atoms with Crippen molar-refractivity contribution in [2.24, 2.45) is 16.7 Å². The summed E-state index contributed by atoms with van der Waals surface area (Å²) in [7, 11) is 0. The van der Waals surface area contributed by atoms with Gasteiger partial charge in [0.1, 0.15) is 0 Å². The normalized spacial score (nSPS) is 43.2. The van der Waals surface area contributed by atoms with Crippen molar-refractivity contribution in [3.63, 3.8) is 0 Å². The summed E-state index contributed by atoms with van der Waals surface area (Å²) >= 11 is 0. The number of nitrogens with zero attached hydrogens (tertiary/aromatic N) is 1. The van der Waals surface area contributed by atoms with Crippen LogP contribution < -0.4 is 0 Å². The predicted molar refractivity (Wildman–Crippen MR) is 99.1 cm³/mol. The highest BCUT2D eigenvalue weighted by molar-refractivity contribution is 5.11. The fourth-order valence-corrected chi connectivity index (χ4v) is 5.90. The summed E-state index contributed by atoms with van der Waals surface area (Å²) in [6.07, 6.45) is 8.67. The van der Waals surface area contributed by atoms with Gasteiger partial charge in [0.25, 0.3) is 0 Å². The Labute approximate surface area is 149 Å². The lowest BCUT2D eigenvalue weighted by molar-refractivity contribution is -0.0587. The fraction of sp³-hybridized carbons (Fsp3) is 1.00.